The molecule has 1 atom stereocenters. The van der Waals surface area contributed by atoms with E-state index in [0.717, 1.165) is 6.92 Å². The van der Waals surface area contributed by atoms with Gasteiger partial charge in [0.05, 0.1) is 13.0 Å². The Labute approximate surface area is 126 Å². The zero-order valence-electron chi connectivity index (χ0n) is 12.2. The zero-order valence-corrected chi connectivity index (χ0v) is 12.2. The van der Waals surface area contributed by atoms with Crippen molar-refractivity contribution in [3.8, 4) is 0 Å². The fourth-order valence-corrected chi connectivity index (χ4v) is 1.23. The van der Waals surface area contributed by atoms with Gasteiger partial charge in [-0.3, -0.25) is 4.79 Å². The van der Waals surface area contributed by atoms with Gasteiger partial charge >= 0.3 is 30.0 Å². The first-order valence-corrected chi connectivity index (χ1v) is 6.46. The van der Waals surface area contributed by atoms with E-state index in [1.807, 2.05) is 0 Å². The third kappa shape index (κ3) is 5.54. The van der Waals surface area contributed by atoms with Gasteiger partial charge in [-0.15, -0.1) is 0 Å². The van der Waals surface area contributed by atoms with E-state index < -0.39 is 42.5 Å². The number of alkyl halides is 7. The van der Waals surface area contributed by atoms with Gasteiger partial charge in [0.1, 0.15) is 6.10 Å². The molecule has 0 rings (SSSR count). The molecule has 11 heteroatoms. The van der Waals surface area contributed by atoms with Gasteiger partial charge in [0.25, 0.3) is 0 Å². The van der Waals surface area contributed by atoms with Crippen LogP contribution in [-0.2, 0) is 19.1 Å². The second-order valence-electron chi connectivity index (χ2n) is 4.64. The van der Waals surface area contributed by atoms with Crippen LogP contribution in [0.5, 0.6) is 0 Å². The number of hydrogen-bond acceptors (Lipinski definition) is 4. The van der Waals surface area contributed by atoms with Crippen LogP contribution in [-0.4, -0.2) is 42.7 Å². The molecule has 23 heavy (non-hydrogen) atoms. The van der Waals surface area contributed by atoms with E-state index >= 15 is 0 Å². The third-order valence-electron chi connectivity index (χ3n) is 2.53. The van der Waals surface area contributed by atoms with Gasteiger partial charge < -0.3 is 9.47 Å². The Morgan fingerprint density at radius 1 is 1.04 bits per heavy atom. The third-order valence-corrected chi connectivity index (χ3v) is 2.53. The summed E-state index contributed by atoms with van der Waals surface area (Å²) in [4.78, 5) is 22.1. The molecule has 0 aromatic heterocycles. The summed E-state index contributed by atoms with van der Waals surface area (Å²) in [7, 11) is 0. The van der Waals surface area contributed by atoms with Crippen LogP contribution in [0, 0.1) is 0 Å². The number of carbonyl (C=O) groups is 2. The van der Waals surface area contributed by atoms with Gasteiger partial charge in [0.15, 0.2) is 0 Å². The number of carbonyl (C=O) groups excluding carboxylic acids is 2. The van der Waals surface area contributed by atoms with Gasteiger partial charge in [-0.1, -0.05) is 13.3 Å². The molecule has 0 spiro atoms. The highest BCUT2D eigenvalue weighted by atomic mass is 19.4. The maximum atomic E-state index is 13.0. The zero-order chi connectivity index (χ0) is 18.5. The molecule has 0 aliphatic heterocycles. The minimum atomic E-state index is -6.64. The molecule has 0 bridgehead atoms. The maximum Gasteiger partial charge on any atom is 0.460 e. The first-order valence-electron chi connectivity index (χ1n) is 6.46. The Balaban J connectivity index is 4.71. The van der Waals surface area contributed by atoms with Gasteiger partial charge in [0.2, 0.25) is 0 Å². The van der Waals surface area contributed by atoms with Crippen LogP contribution in [0.2, 0.25) is 0 Å². The molecule has 0 heterocycles. The van der Waals surface area contributed by atoms with E-state index in [1.165, 1.54) is 0 Å². The summed E-state index contributed by atoms with van der Waals surface area (Å²) in [6.45, 7) is 2.68. The minimum absolute atomic E-state index is 0.0122. The summed E-state index contributed by atoms with van der Waals surface area (Å²) in [5.74, 6) is -16.8. The molecule has 1 unspecified atom stereocenters. The van der Waals surface area contributed by atoms with Crippen LogP contribution in [0.3, 0.4) is 0 Å². The molecule has 0 amide bonds. The van der Waals surface area contributed by atoms with Crippen LogP contribution < -0.4 is 0 Å². The summed E-state index contributed by atoms with van der Waals surface area (Å²) < 4.78 is 95.3. The SMILES string of the molecule is CCCCOC(=O)CC(C)OC(=O)C(F)(F)C(F)(F)C(F)(F)F. The van der Waals surface area contributed by atoms with Crippen LogP contribution in [0.4, 0.5) is 30.7 Å². The van der Waals surface area contributed by atoms with Crippen molar-refractivity contribution in [2.45, 2.75) is 57.2 Å². The molecular formula is C12H15F7O4. The van der Waals surface area contributed by atoms with E-state index in [-0.39, 0.29) is 6.61 Å². The average molecular weight is 356 g/mol. The number of rotatable bonds is 8. The molecule has 0 radical (unpaired) electrons. The van der Waals surface area contributed by atoms with Crippen LogP contribution in [0.1, 0.15) is 33.1 Å². The van der Waals surface area contributed by atoms with Crippen molar-refractivity contribution in [2.75, 3.05) is 6.61 Å². The number of esters is 2. The standard InChI is InChI=1S/C12H15F7O4/c1-3-4-5-22-8(20)6-7(2)23-9(21)10(13,14)11(15,16)12(17,18)19/h7H,3-6H2,1-2H3. The Morgan fingerprint density at radius 2 is 1.57 bits per heavy atom. The number of halogens is 7. The highest BCUT2D eigenvalue weighted by Crippen LogP contribution is 2.47. The van der Waals surface area contributed by atoms with E-state index in [2.05, 4.69) is 9.47 Å². The Bertz CT molecular complexity index is 420. The molecule has 0 aromatic carbocycles. The van der Waals surface area contributed by atoms with Gasteiger partial charge in [-0.05, 0) is 13.3 Å². The molecule has 0 aromatic rings. The minimum Gasteiger partial charge on any atom is -0.466 e. The van der Waals surface area contributed by atoms with Crippen LogP contribution in [0.15, 0.2) is 0 Å². The van der Waals surface area contributed by atoms with Gasteiger partial charge in [0, 0.05) is 0 Å². The molecule has 136 valence electrons. The smallest absolute Gasteiger partial charge is 0.460 e. The van der Waals surface area contributed by atoms with Crippen LogP contribution in [0.25, 0.3) is 0 Å². The summed E-state index contributed by atoms with van der Waals surface area (Å²) in [6, 6.07) is 0. The van der Waals surface area contributed by atoms with Crippen LogP contribution >= 0.6 is 0 Å². The largest absolute Gasteiger partial charge is 0.466 e. The molecule has 0 saturated heterocycles. The lowest BCUT2D eigenvalue weighted by Gasteiger charge is -2.27. The summed E-state index contributed by atoms with van der Waals surface area (Å²) >= 11 is 0. The molecule has 0 saturated carbocycles. The normalized spacial score (nSPS) is 14.3. The van der Waals surface area contributed by atoms with E-state index in [9.17, 15) is 40.3 Å². The molecule has 4 nitrogen and oxygen atoms in total. The van der Waals surface area contributed by atoms with Crippen molar-refractivity contribution >= 4 is 11.9 Å². The molecule has 0 fully saturated rings. The lowest BCUT2D eigenvalue weighted by molar-refractivity contribution is -0.349. The van der Waals surface area contributed by atoms with E-state index in [0.29, 0.717) is 12.8 Å². The summed E-state index contributed by atoms with van der Waals surface area (Å²) in [6.07, 6.45) is -7.86. The lowest BCUT2D eigenvalue weighted by atomic mass is 10.1. The van der Waals surface area contributed by atoms with Gasteiger partial charge in [-0.25, -0.2) is 4.79 Å². The summed E-state index contributed by atoms with van der Waals surface area (Å²) in [5, 5.41) is 0. The van der Waals surface area contributed by atoms with Gasteiger partial charge in [-0.2, -0.15) is 30.7 Å². The fraction of sp³-hybridized carbons (Fsp3) is 0.833. The van der Waals surface area contributed by atoms with Crippen molar-refractivity contribution < 1.29 is 49.8 Å². The summed E-state index contributed by atoms with van der Waals surface area (Å²) in [5.41, 5.74) is 0. The second-order valence-corrected chi connectivity index (χ2v) is 4.64. The van der Waals surface area contributed by atoms with E-state index in [1.54, 1.807) is 6.92 Å². The molecule has 0 N–H and O–H groups in total. The second kappa shape index (κ2) is 7.82. The quantitative estimate of drug-likeness (QED) is 0.380. The maximum absolute atomic E-state index is 13.0. The Kier molecular flexibility index (Phi) is 7.29. The molecular weight excluding hydrogens is 341 g/mol. The van der Waals surface area contributed by atoms with Crippen molar-refractivity contribution in [2.24, 2.45) is 0 Å². The fourth-order valence-electron chi connectivity index (χ4n) is 1.23. The first kappa shape index (κ1) is 21.4. The monoisotopic (exact) mass is 356 g/mol. The van der Waals surface area contributed by atoms with Crippen molar-refractivity contribution in [1.82, 2.24) is 0 Å². The average Bonchev–Trinajstić information content (AvgIpc) is 2.36. The Hall–Kier alpha value is -1.55. The number of hydrogen-bond donors (Lipinski definition) is 0. The Morgan fingerprint density at radius 3 is 2.00 bits per heavy atom. The van der Waals surface area contributed by atoms with Crippen molar-refractivity contribution in [1.29, 1.82) is 0 Å². The lowest BCUT2D eigenvalue weighted by Crippen LogP contribution is -2.57. The topological polar surface area (TPSA) is 52.6 Å². The number of ether oxygens (including phenoxy) is 2. The number of unbranched alkanes of at least 4 members (excludes halogenated alkanes) is 1. The highest BCUT2D eigenvalue weighted by Gasteiger charge is 2.77. The van der Waals surface area contributed by atoms with E-state index in [4.69, 9.17) is 0 Å². The van der Waals surface area contributed by atoms with Crippen molar-refractivity contribution in [3.63, 3.8) is 0 Å². The highest BCUT2D eigenvalue weighted by molar-refractivity contribution is 5.80. The molecule has 0 aliphatic rings. The first-order chi connectivity index (χ1) is 10.3. The predicted molar refractivity (Wildman–Crippen MR) is 62.0 cm³/mol. The van der Waals surface area contributed by atoms with Crippen molar-refractivity contribution in [3.05, 3.63) is 0 Å². The molecule has 0 aliphatic carbocycles. The predicted octanol–water partition coefficient (Wildman–Crippen LogP) is 3.48.